The Labute approximate surface area is 95.7 Å². The van der Waals surface area contributed by atoms with Gasteiger partial charge in [0.15, 0.2) is 0 Å². The van der Waals surface area contributed by atoms with Gasteiger partial charge in [-0.15, -0.1) is 0 Å². The van der Waals surface area contributed by atoms with E-state index in [1.54, 1.807) is 13.2 Å². The fourth-order valence-electron chi connectivity index (χ4n) is 2.32. The van der Waals surface area contributed by atoms with Gasteiger partial charge in [0.1, 0.15) is 6.33 Å². The van der Waals surface area contributed by atoms with Crippen LogP contribution in [0.4, 0.5) is 0 Å². The minimum absolute atomic E-state index is 0.276. The Morgan fingerprint density at radius 2 is 2.19 bits per heavy atom. The van der Waals surface area contributed by atoms with Crippen LogP contribution in [0.3, 0.4) is 0 Å². The number of hydrogen-bond donors (Lipinski definition) is 1. The van der Waals surface area contributed by atoms with Crippen LogP contribution in [-0.2, 0) is 6.42 Å². The topological polar surface area (TPSA) is 55.2 Å². The lowest BCUT2D eigenvalue weighted by Gasteiger charge is -2.16. The van der Waals surface area contributed by atoms with Gasteiger partial charge in [0.2, 0.25) is 5.88 Å². The predicted molar refractivity (Wildman–Crippen MR) is 60.3 cm³/mol. The molecule has 1 aliphatic carbocycles. The highest BCUT2D eigenvalue weighted by molar-refractivity contribution is 5.14. The Morgan fingerprint density at radius 1 is 1.44 bits per heavy atom. The smallest absolute Gasteiger partial charge is 0.216 e. The molecule has 1 unspecified atom stereocenters. The van der Waals surface area contributed by atoms with Crippen molar-refractivity contribution in [3.05, 3.63) is 18.1 Å². The molecular formula is C12H18N2O2. The minimum atomic E-state index is -0.276. The van der Waals surface area contributed by atoms with Crippen LogP contribution in [0.25, 0.3) is 0 Å². The zero-order chi connectivity index (χ0) is 11.4. The molecule has 88 valence electrons. The standard InChI is InChI=1S/C12H18N2O2/c1-16-12-7-10(13-8-14-12)6-11(15)9-4-2-3-5-9/h7-9,11,15H,2-6H2,1H3. The van der Waals surface area contributed by atoms with Gasteiger partial charge >= 0.3 is 0 Å². The van der Waals surface area contributed by atoms with Crippen molar-refractivity contribution in [1.29, 1.82) is 0 Å². The maximum Gasteiger partial charge on any atom is 0.216 e. The predicted octanol–water partition coefficient (Wildman–Crippen LogP) is 1.58. The fourth-order valence-corrected chi connectivity index (χ4v) is 2.32. The molecule has 1 heterocycles. The molecule has 0 amide bonds. The summed E-state index contributed by atoms with van der Waals surface area (Å²) in [6.07, 6.45) is 6.58. The van der Waals surface area contributed by atoms with E-state index in [0.29, 0.717) is 18.2 Å². The summed E-state index contributed by atoms with van der Waals surface area (Å²) in [7, 11) is 1.58. The van der Waals surface area contributed by atoms with Crippen LogP contribution in [0, 0.1) is 5.92 Å². The second-order valence-corrected chi connectivity index (χ2v) is 4.37. The van der Waals surface area contributed by atoms with Crippen molar-refractivity contribution < 1.29 is 9.84 Å². The molecule has 0 aliphatic heterocycles. The van der Waals surface area contributed by atoms with Gasteiger partial charge in [0.05, 0.1) is 18.9 Å². The van der Waals surface area contributed by atoms with Gasteiger partial charge in [-0.25, -0.2) is 9.97 Å². The number of aliphatic hydroxyl groups excluding tert-OH is 1. The molecular weight excluding hydrogens is 204 g/mol. The summed E-state index contributed by atoms with van der Waals surface area (Å²) in [5.74, 6) is 1.00. The molecule has 1 saturated carbocycles. The number of aromatic nitrogens is 2. The SMILES string of the molecule is COc1cc(CC(O)C2CCCC2)ncn1. The Kier molecular flexibility index (Phi) is 3.72. The molecule has 1 N–H and O–H groups in total. The third-order valence-electron chi connectivity index (χ3n) is 3.27. The summed E-state index contributed by atoms with van der Waals surface area (Å²) < 4.78 is 5.03. The monoisotopic (exact) mass is 222 g/mol. The molecule has 16 heavy (non-hydrogen) atoms. The lowest BCUT2D eigenvalue weighted by Crippen LogP contribution is -2.20. The quantitative estimate of drug-likeness (QED) is 0.840. The zero-order valence-electron chi connectivity index (χ0n) is 9.59. The van der Waals surface area contributed by atoms with Gasteiger partial charge in [0, 0.05) is 12.5 Å². The molecule has 0 saturated heterocycles. The highest BCUT2D eigenvalue weighted by atomic mass is 16.5. The zero-order valence-corrected chi connectivity index (χ0v) is 9.59. The van der Waals surface area contributed by atoms with Gasteiger partial charge in [0.25, 0.3) is 0 Å². The second-order valence-electron chi connectivity index (χ2n) is 4.37. The molecule has 0 radical (unpaired) electrons. The summed E-state index contributed by atoms with van der Waals surface area (Å²) in [5.41, 5.74) is 0.853. The number of hydrogen-bond acceptors (Lipinski definition) is 4. The van der Waals surface area contributed by atoms with Crippen LogP contribution in [0.1, 0.15) is 31.4 Å². The van der Waals surface area contributed by atoms with Crippen LogP contribution in [-0.4, -0.2) is 28.3 Å². The molecule has 4 heteroatoms. The van der Waals surface area contributed by atoms with Gasteiger partial charge in [-0.2, -0.15) is 0 Å². The van der Waals surface area contributed by atoms with Crippen molar-refractivity contribution in [2.45, 2.75) is 38.2 Å². The molecule has 0 spiro atoms. The summed E-state index contributed by atoms with van der Waals surface area (Å²) in [4.78, 5) is 8.10. The van der Waals surface area contributed by atoms with Crippen molar-refractivity contribution in [1.82, 2.24) is 9.97 Å². The van der Waals surface area contributed by atoms with E-state index in [0.717, 1.165) is 18.5 Å². The number of rotatable bonds is 4. The first kappa shape index (κ1) is 11.3. The molecule has 1 fully saturated rings. The second kappa shape index (κ2) is 5.25. The van der Waals surface area contributed by atoms with E-state index in [1.165, 1.54) is 19.2 Å². The average Bonchev–Trinajstić information content (AvgIpc) is 2.83. The van der Waals surface area contributed by atoms with Crippen LogP contribution < -0.4 is 4.74 Å². The van der Waals surface area contributed by atoms with E-state index < -0.39 is 0 Å². The first-order valence-electron chi connectivity index (χ1n) is 5.82. The van der Waals surface area contributed by atoms with E-state index in [4.69, 9.17) is 4.74 Å². The Hall–Kier alpha value is -1.16. The van der Waals surface area contributed by atoms with E-state index in [1.807, 2.05) is 0 Å². The normalized spacial score (nSPS) is 18.6. The van der Waals surface area contributed by atoms with Gasteiger partial charge in [-0.05, 0) is 18.8 Å². The van der Waals surface area contributed by atoms with E-state index in [-0.39, 0.29) is 6.10 Å². The highest BCUT2D eigenvalue weighted by Crippen LogP contribution is 2.29. The van der Waals surface area contributed by atoms with Gasteiger partial charge in [-0.1, -0.05) is 12.8 Å². The van der Waals surface area contributed by atoms with Crippen molar-refractivity contribution in [2.24, 2.45) is 5.92 Å². The largest absolute Gasteiger partial charge is 0.481 e. The summed E-state index contributed by atoms with van der Waals surface area (Å²) >= 11 is 0. The Balaban J connectivity index is 1.96. The summed E-state index contributed by atoms with van der Waals surface area (Å²) in [5, 5.41) is 10.1. The van der Waals surface area contributed by atoms with Crippen LogP contribution >= 0.6 is 0 Å². The van der Waals surface area contributed by atoms with Crippen molar-refractivity contribution in [2.75, 3.05) is 7.11 Å². The Morgan fingerprint density at radius 3 is 2.88 bits per heavy atom. The molecule has 2 rings (SSSR count). The van der Waals surface area contributed by atoms with Crippen molar-refractivity contribution >= 4 is 0 Å². The molecule has 1 aromatic heterocycles. The minimum Gasteiger partial charge on any atom is -0.481 e. The third kappa shape index (κ3) is 2.70. The van der Waals surface area contributed by atoms with Gasteiger partial charge in [-0.3, -0.25) is 0 Å². The lowest BCUT2D eigenvalue weighted by atomic mass is 9.97. The first-order valence-corrected chi connectivity index (χ1v) is 5.82. The number of nitrogens with zero attached hydrogens (tertiary/aromatic N) is 2. The van der Waals surface area contributed by atoms with Crippen LogP contribution in [0.15, 0.2) is 12.4 Å². The summed E-state index contributed by atoms with van der Waals surface area (Å²) in [6, 6.07) is 1.79. The molecule has 0 bridgehead atoms. The number of methoxy groups -OCH3 is 1. The molecule has 1 aromatic rings. The highest BCUT2D eigenvalue weighted by Gasteiger charge is 2.23. The maximum absolute atomic E-state index is 10.1. The number of aliphatic hydroxyl groups is 1. The van der Waals surface area contributed by atoms with E-state index >= 15 is 0 Å². The number of ether oxygens (including phenoxy) is 1. The molecule has 0 aromatic carbocycles. The molecule has 1 atom stereocenters. The first-order chi connectivity index (χ1) is 7.79. The fraction of sp³-hybridized carbons (Fsp3) is 0.667. The third-order valence-corrected chi connectivity index (χ3v) is 3.27. The van der Waals surface area contributed by atoms with E-state index in [2.05, 4.69) is 9.97 Å². The van der Waals surface area contributed by atoms with Crippen LogP contribution in [0.5, 0.6) is 5.88 Å². The molecule has 4 nitrogen and oxygen atoms in total. The molecule has 1 aliphatic rings. The van der Waals surface area contributed by atoms with E-state index in [9.17, 15) is 5.11 Å². The Bertz CT molecular complexity index is 338. The summed E-state index contributed by atoms with van der Waals surface area (Å²) in [6.45, 7) is 0. The maximum atomic E-state index is 10.1. The lowest BCUT2D eigenvalue weighted by molar-refractivity contribution is 0.110. The van der Waals surface area contributed by atoms with Crippen LogP contribution in [0.2, 0.25) is 0 Å². The average molecular weight is 222 g/mol. The van der Waals surface area contributed by atoms with Crippen molar-refractivity contribution in [3.63, 3.8) is 0 Å². The van der Waals surface area contributed by atoms with Gasteiger partial charge < -0.3 is 9.84 Å². The van der Waals surface area contributed by atoms with Crippen molar-refractivity contribution in [3.8, 4) is 5.88 Å².